The van der Waals surface area contributed by atoms with Crippen LogP contribution in [0.15, 0.2) is 59.5 Å². The maximum absolute atomic E-state index is 12.5. The van der Waals surface area contributed by atoms with E-state index in [-0.39, 0.29) is 11.0 Å². The van der Waals surface area contributed by atoms with E-state index in [1.807, 2.05) is 68.4 Å². The number of hydrogen-bond donors (Lipinski definition) is 1. The van der Waals surface area contributed by atoms with E-state index >= 15 is 0 Å². The Balaban J connectivity index is 1.91. The van der Waals surface area contributed by atoms with Gasteiger partial charge in [-0.05, 0) is 43.9 Å². The summed E-state index contributed by atoms with van der Waals surface area (Å²) >= 11 is 1.55. The molecule has 0 aliphatic rings. The standard InChI is InChI=1S/C20H24O2S/c1-3-19(23-17-12-9-15(2)10-13-17)20(22)18(21)14-11-16-7-5-4-6-8-16/h4-10,12-13,18-19,21H,3,11,14H2,1-2H3. The molecule has 2 aromatic rings. The number of aryl methyl sites for hydroxylation is 2. The van der Waals surface area contributed by atoms with Crippen LogP contribution in [0, 0.1) is 6.92 Å². The van der Waals surface area contributed by atoms with E-state index in [2.05, 4.69) is 0 Å². The van der Waals surface area contributed by atoms with Gasteiger partial charge in [-0.3, -0.25) is 4.79 Å². The quantitative estimate of drug-likeness (QED) is 0.729. The highest BCUT2D eigenvalue weighted by Crippen LogP contribution is 2.27. The van der Waals surface area contributed by atoms with Crippen molar-refractivity contribution < 1.29 is 9.90 Å². The number of aliphatic hydroxyl groups is 1. The number of aliphatic hydroxyl groups excluding tert-OH is 1. The van der Waals surface area contributed by atoms with Crippen molar-refractivity contribution >= 4 is 17.5 Å². The Labute approximate surface area is 142 Å². The van der Waals surface area contributed by atoms with Crippen molar-refractivity contribution in [1.82, 2.24) is 0 Å². The second-order valence-electron chi connectivity index (χ2n) is 5.77. The fourth-order valence-corrected chi connectivity index (χ4v) is 3.49. The largest absolute Gasteiger partial charge is 0.385 e. The number of carbonyl (C=O) groups excluding carboxylic acids is 1. The lowest BCUT2D eigenvalue weighted by atomic mass is 10.0. The number of Topliss-reactive ketones (excluding diaryl/α,β-unsaturated/α-hetero) is 1. The zero-order valence-electron chi connectivity index (χ0n) is 13.7. The Morgan fingerprint density at radius 2 is 1.74 bits per heavy atom. The Kier molecular flexibility index (Phi) is 6.87. The topological polar surface area (TPSA) is 37.3 Å². The van der Waals surface area contributed by atoms with Crippen molar-refractivity contribution in [2.75, 3.05) is 0 Å². The Bertz CT molecular complexity index is 607. The first-order valence-corrected chi connectivity index (χ1v) is 8.97. The summed E-state index contributed by atoms with van der Waals surface area (Å²) in [6.07, 6.45) is 1.03. The van der Waals surface area contributed by atoms with Gasteiger partial charge >= 0.3 is 0 Å². The van der Waals surface area contributed by atoms with E-state index in [0.29, 0.717) is 6.42 Å². The molecule has 0 aliphatic carbocycles. The van der Waals surface area contributed by atoms with Gasteiger partial charge in [0.2, 0.25) is 0 Å². The second-order valence-corrected chi connectivity index (χ2v) is 7.05. The third-order valence-electron chi connectivity index (χ3n) is 3.87. The van der Waals surface area contributed by atoms with Crippen LogP contribution in [0.4, 0.5) is 0 Å². The van der Waals surface area contributed by atoms with Gasteiger partial charge in [-0.2, -0.15) is 0 Å². The normalized spacial score (nSPS) is 13.5. The third-order valence-corrected chi connectivity index (χ3v) is 5.26. The molecule has 23 heavy (non-hydrogen) atoms. The molecule has 2 atom stereocenters. The summed E-state index contributed by atoms with van der Waals surface area (Å²) in [5, 5.41) is 10.0. The molecule has 0 aromatic heterocycles. The molecular formula is C20H24O2S. The number of hydrogen-bond acceptors (Lipinski definition) is 3. The van der Waals surface area contributed by atoms with Gasteiger partial charge in [0.15, 0.2) is 5.78 Å². The number of rotatable bonds is 8. The minimum absolute atomic E-state index is 0.0611. The average Bonchev–Trinajstić information content (AvgIpc) is 2.59. The van der Waals surface area contributed by atoms with Crippen molar-refractivity contribution in [2.45, 2.75) is 49.4 Å². The molecule has 122 valence electrons. The molecule has 3 heteroatoms. The zero-order chi connectivity index (χ0) is 16.7. The van der Waals surface area contributed by atoms with Crippen LogP contribution in [0.25, 0.3) is 0 Å². The predicted octanol–water partition coefficient (Wildman–Crippen LogP) is 4.43. The van der Waals surface area contributed by atoms with Crippen LogP contribution < -0.4 is 0 Å². The first-order valence-electron chi connectivity index (χ1n) is 8.09. The van der Waals surface area contributed by atoms with Crippen molar-refractivity contribution in [3.05, 3.63) is 65.7 Å². The highest BCUT2D eigenvalue weighted by atomic mass is 32.2. The van der Waals surface area contributed by atoms with Gasteiger partial charge in [-0.1, -0.05) is 55.0 Å². The molecule has 0 saturated carbocycles. The summed E-state index contributed by atoms with van der Waals surface area (Å²) in [5.74, 6) is -0.0611. The van der Waals surface area contributed by atoms with Crippen LogP contribution in [0.5, 0.6) is 0 Å². The van der Waals surface area contributed by atoms with Crippen molar-refractivity contribution in [1.29, 1.82) is 0 Å². The molecular weight excluding hydrogens is 304 g/mol. The monoisotopic (exact) mass is 328 g/mol. The molecule has 0 heterocycles. The molecule has 2 unspecified atom stereocenters. The summed E-state index contributed by atoms with van der Waals surface area (Å²) < 4.78 is 0. The van der Waals surface area contributed by atoms with Crippen LogP contribution in [0.2, 0.25) is 0 Å². The van der Waals surface area contributed by atoms with Crippen LogP contribution in [-0.4, -0.2) is 22.2 Å². The minimum atomic E-state index is -0.891. The number of ketones is 1. The molecule has 0 radical (unpaired) electrons. The SMILES string of the molecule is CCC(Sc1ccc(C)cc1)C(=O)C(O)CCc1ccccc1. The number of benzene rings is 2. The third kappa shape index (κ3) is 5.52. The van der Waals surface area contributed by atoms with Crippen LogP contribution >= 0.6 is 11.8 Å². The molecule has 0 saturated heterocycles. The van der Waals surface area contributed by atoms with Gasteiger partial charge in [0, 0.05) is 4.90 Å². The fraction of sp³-hybridized carbons (Fsp3) is 0.350. The molecule has 0 fully saturated rings. The lowest BCUT2D eigenvalue weighted by Gasteiger charge is -2.17. The van der Waals surface area contributed by atoms with Crippen LogP contribution in [0.3, 0.4) is 0 Å². The first-order chi connectivity index (χ1) is 11.1. The van der Waals surface area contributed by atoms with Gasteiger partial charge in [0.25, 0.3) is 0 Å². The molecule has 2 aromatic carbocycles. The minimum Gasteiger partial charge on any atom is -0.385 e. The lowest BCUT2D eigenvalue weighted by molar-refractivity contribution is -0.126. The van der Waals surface area contributed by atoms with E-state index in [1.165, 1.54) is 5.56 Å². The maximum Gasteiger partial charge on any atom is 0.174 e. The molecule has 1 N–H and O–H groups in total. The highest BCUT2D eigenvalue weighted by molar-refractivity contribution is 8.00. The van der Waals surface area contributed by atoms with Crippen LogP contribution in [0.1, 0.15) is 30.9 Å². The molecule has 0 amide bonds. The van der Waals surface area contributed by atoms with Gasteiger partial charge in [0.05, 0.1) is 5.25 Å². The summed E-state index contributed by atoms with van der Waals surface area (Å²) in [4.78, 5) is 13.6. The zero-order valence-corrected chi connectivity index (χ0v) is 14.6. The lowest BCUT2D eigenvalue weighted by Crippen LogP contribution is -2.30. The van der Waals surface area contributed by atoms with Crippen molar-refractivity contribution in [3.63, 3.8) is 0 Å². The highest BCUT2D eigenvalue weighted by Gasteiger charge is 2.24. The summed E-state index contributed by atoms with van der Waals surface area (Å²) in [5.41, 5.74) is 2.36. The second kappa shape index (κ2) is 8.90. The Hall–Kier alpha value is -1.58. The summed E-state index contributed by atoms with van der Waals surface area (Å²) in [6, 6.07) is 18.1. The van der Waals surface area contributed by atoms with E-state index in [4.69, 9.17) is 0 Å². The van der Waals surface area contributed by atoms with E-state index in [0.717, 1.165) is 23.3 Å². The molecule has 0 aliphatic heterocycles. The Morgan fingerprint density at radius 1 is 1.09 bits per heavy atom. The van der Waals surface area contributed by atoms with Gasteiger partial charge < -0.3 is 5.11 Å². The number of thioether (sulfide) groups is 1. The summed E-state index contributed by atoms with van der Waals surface area (Å²) in [6.45, 7) is 4.04. The van der Waals surface area contributed by atoms with Gasteiger partial charge in [0.1, 0.15) is 6.10 Å². The molecule has 2 rings (SSSR count). The van der Waals surface area contributed by atoms with Gasteiger partial charge in [-0.15, -0.1) is 11.8 Å². The molecule has 0 bridgehead atoms. The van der Waals surface area contributed by atoms with Crippen molar-refractivity contribution in [2.24, 2.45) is 0 Å². The average molecular weight is 328 g/mol. The van der Waals surface area contributed by atoms with Crippen LogP contribution in [-0.2, 0) is 11.2 Å². The van der Waals surface area contributed by atoms with E-state index < -0.39 is 6.10 Å². The van der Waals surface area contributed by atoms with Gasteiger partial charge in [-0.25, -0.2) is 0 Å². The maximum atomic E-state index is 12.5. The number of carbonyl (C=O) groups is 1. The summed E-state index contributed by atoms with van der Waals surface area (Å²) in [7, 11) is 0. The fourth-order valence-electron chi connectivity index (χ4n) is 2.43. The smallest absolute Gasteiger partial charge is 0.174 e. The van der Waals surface area contributed by atoms with E-state index in [1.54, 1.807) is 11.8 Å². The van der Waals surface area contributed by atoms with Crippen molar-refractivity contribution in [3.8, 4) is 0 Å². The Morgan fingerprint density at radius 3 is 2.35 bits per heavy atom. The molecule has 2 nitrogen and oxygen atoms in total. The molecule has 0 spiro atoms. The predicted molar refractivity (Wildman–Crippen MR) is 96.9 cm³/mol. The van der Waals surface area contributed by atoms with E-state index in [9.17, 15) is 9.90 Å². The first kappa shape index (κ1) is 17.8.